The van der Waals surface area contributed by atoms with E-state index >= 15 is 0 Å². The Hall–Kier alpha value is -12.4. The van der Waals surface area contributed by atoms with Crippen LogP contribution in [-0.2, 0) is 10.8 Å². The van der Waals surface area contributed by atoms with E-state index in [1.165, 1.54) is 0 Å². The largest absolute Gasteiger partial charge is 0.310 e. The number of hydrogen-bond acceptors (Lipinski definition) is 2. The van der Waals surface area contributed by atoms with E-state index in [1.807, 2.05) is 143 Å². The van der Waals surface area contributed by atoms with Crippen molar-refractivity contribution in [3.05, 3.63) is 356 Å². The van der Waals surface area contributed by atoms with Gasteiger partial charge in [-0.25, -0.2) is 0 Å². The van der Waals surface area contributed by atoms with Gasteiger partial charge in [-0.05, 0) is 204 Å². The third-order valence-corrected chi connectivity index (χ3v) is 21.6. The van der Waals surface area contributed by atoms with Crippen LogP contribution in [-0.4, -0.2) is 15.8 Å². The molecule has 4 heterocycles. The van der Waals surface area contributed by atoms with E-state index in [0.717, 1.165) is 39.5 Å². The van der Waals surface area contributed by atoms with Gasteiger partial charge in [0.25, 0.3) is 6.71 Å². The molecule has 20 rings (SSSR count). The highest BCUT2D eigenvalue weighted by molar-refractivity contribution is 7.00. The minimum Gasteiger partial charge on any atom is -0.310 e. The van der Waals surface area contributed by atoms with E-state index in [2.05, 4.69) is 65.8 Å². The molecule has 0 N–H and O–H groups in total. The molecular weight excluding hydrogens is 1320 g/mol. The second kappa shape index (κ2) is 26.2. The van der Waals surface area contributed by atoms with Crippen molar-refractivity contribution < 1.29 is 41.1 Å². The van der Waals surface area contributed by atoms with Gasteiger partial charge in [-0.3, -0.25) is 0 Å². The van der Waals surface area contributed by atoms with Crippen LogP contribution in [0.3, 0.4) is 0 Å². The summed E-state index contributed by atoms with van der Waals surface area (Å²) >= 11 is 0. The predicted molar refractivity (Wildman–Crippen MR) is 465 cm³/mol. The molecule has 0 amide bonds. The van der Waals surface area contributed by atoms with Gasteiger partial charge in [-0.2, -0.15) is 0 Å². The molecule has 0 unspecified atom stereocenters. The van der Waals surface area contributed by atoms with Crippen LogP contribution in [0.15, 0.2) is 339 Å². The maximum atomic E-state index is 12.0. The molecule has 2 aliphatic heterocycles. The zero-order chi connectivity index (χ0) is 99.3. The van der Waals surface area contributed by atoms with Crippen LogP contribution in [0.25, 0.3) is 122 Å². The van der Waals surface area contributed by atoms with Crippen molar-refractivity contribution in [2.75, 3.05) is 9.80 Å². The molecule has 109 heavy (non-hydrogen) atoms. The molecule has 17 aromatic rings. The SMILES string of the molecule is [2H]c1c([2H])c([2H])c(-c2c([2H])c([2H])c3c(c2[2H])c2c([2H])c([2H])c([2H])c([2H])c2n3-c2c([2H])c([2H])c3c(c2[2H])N(c2c(-c4ccccc4)cc(C(C)(C)C)cc2-c2ccccc2)c2cc(C4CCCCC4)cc4c2B3c2c([2H])c([2H])c(-n3c5c([2H])c([2H])c([2H])c([2H])c5c5c([2H])c(-c6c([2H])c([2H])c([2H])c([2H])c6[2H])c([2H])c([2H])c53)c([2H])c2N4c2c(-c3ccccc3)cc(C(C)(C)C)cc2-c2ccccc2)c([2H])c1[2H]. The third-order valence-electron chi connectivity index (χ3n) is 21.6. The predicted octanol–water partition coefficient (Wildman–Crippen LogP) is 26.6. The zero-order valence-electron chi connectivity index (χ0n) is 90.5. The topological polar surface area (TPSA) is 16.3 Å². The average Bonchev–Trinajstić information content (AvgIpc) is 1.55. The van der Waals surface area contributed by atoms with Crippen molar-refractivity contribution in [3.63, 3.8) is 0 Å². The van der Waals surface area contributed by atoms with E-state index < -0.39 is 276 Å². The maximum Gasteiger partial charge on any atom is 0.252 e. The van der Waals surface area contributed by atoms with Gasteiger partial charge in [0.1, 0.15) is 0 Å². The van der Waals surface area contributed by atoms with Gasteiger partial charge in [0.2, 0.25) is 0 Å². The van der Waals surface area contributed by atoms with Crippen molar-refractivity contribution in [1.29, 1.82) is 0 Å². The standard InChI is InChI=1S/C104H85BN4/c1-103(2,3)78-62-84(71-38-20-10-21-39-71)101(85(63-78)72-40-22-11-23-41-72)108-96-66-80(106-92-48-30-28-46-82(92)88-58-75(50-56-94(88)106)68-32-14-7-15-33-68)52-54-90(96)105-91-55-53-81(107-93-49-31-29-47-83(93)89-59-76(51-57-95(89)107)69-34-16-8-17-35-69)67-97(91)109(99-61-77(60-98(108)100(99)105)70-36-18-9-19-37-70)102-86(73-42-24-12-25-43-73)64-79(104(4,5)6)65-87(102)74-44-26-13-27-45-74/h7-8,10-17,20-35,38-67,70H,9,18-19,36-37H2,1-6H3/i7D,8D,14D,15D,16D,17D,28D,29D,30D,31D,32D,33D,34D,35D,46D,47D,48D,49D,50D,51D,52D,53D,54D,55D,56D,57D,58D,59D,66D,67D. The Labute approximate surface area is 682 Å². The fraction of sp³-hybridized carbons (Fsp3) is 0.135. The molecule has 2 aromatic heterocycles. The van der Waals surface area contributed by atoms with E-state index in [9.17, 15) is 32.9 Å². The van der Waals surface area contributed by atoms with E-state index in [4.69, 9.17) is 8.22 Å². The minimum atomic E-state index is -1.76. The second-order valence-electron chi connectivity index (χ2n) is 30.3. The van der Waals surface area contributed by atoms with E-state index in [1.54, 1.807) is 0 Å². The molecule has 5 heteroatoms. The maximum absolute atomic E-state index is 12.0. The summed E-state index contributed by atoms with van der Waals surface area (Å²) < 4.78 is 301. The van der Waals surface area contributed by atoms with Gasteiger partial charge in [0.05, 0.1) is 74.6 Å². The lowest BCUT2D eigenvalue weighted by Crippen LogP contribution is -2.61. The van der Waals surface area contributed by atoms with Crippen molar-refractivity contribution in [2.45, 2.75) is 90.4 Å². The molecule has 0 saturated heterocycles. The monoisotopic (exact) mass is 1430 g/mol. The summed E-state index contributed by atoms with van der Waals surface area (Å²) in [4.78, 5) is 3.73. The number of benzene rings is 15. The zero-order valence-corrected chi connectivity index (χ0v) is 60.5. The molecule has 1 aliphatic carbocycles. The van der Waals surface area contributed by atoms with Crippen LogP contribution in [0.2, 0.25) is 0 Å². The van der Waals surface area contributed by atoms with Crippen LogP contribution in [0.4, 0.5) is 34.1 Å². The number of hydrogen-bond donors (Lipinski definition) is 0. The lowest BCUT2D eigenvalue weighted by molar-refractivity contribution is 0.444. The molecule has 0 radical (unpaired) electrons. The van der Waals surface area contributed by atoms with Gasteiger partial charge in [0, 0.05) is 77.9 Å². The smallest absolute Gasteiger partial charge is 0.252 e. The Bertz CT molecular complexity index is 7660. The van der Waals surface area contributed by atoms with E-state index in [-0.39, 0.29) is 45.1 Å². The highest BCUT2D eigenvalue weighted by atomic mass is 15.2. The van der Waals surface area contributed by atoms with Gasteiger partial charge in [0.15, 0.2) is 0 Å². The number of fused-ring (bicyclic) bond motifs is 10. The fourth-order valence-corrected chi connectivity index (χ4v) is 16.4. The van der Waals surface area contributed by atoms with Crippen molar-refractivity contribution in [1.82, 2.24) is 9.13 Å². The van der Waals surface area contributed by atoms with Gasteiger partial charge in [-0.1, -0.05) is 303 Å². The highest BCUT2D eigenvalue weighted by Gasteiger charge is 2.47. The second-order valence-corrected chi connectivity index (χ2v) is 30.3. The van der Waals surface area contributed by atoms with Crippen LogP contribution in [0, 0.1) is 0 Å². The normalized spacial score (nSPS) is 17.5. The summed E-state index contributed by atoms with van der Waals surface area (Å²) in [6, 6.07) is 24.7. The number of nitrogens with zero attached hydrogens (tertiary/aromatic N) is 4. The molecule has 0 spiro atoms. The molecule has 1 saturated carbocycles. The van der Waals surface area contributed by atoms with Crippen LogP contribution < -0.4 is 26.2 Å². The number of anilines is 6. The molecular formula is C104H85BN4. The summed E-state index contributed by atoms with van der Waals surface area (Å²) in [5, 5.41) is -2.08. The summed E-state index contributed by atoms with van der Waals surface area (Å²) in [6.07, 6.45) is 3.57. The van der Waals surface area contributed by atoms with Gasteiger partial charge < -0.3 is 18.9 Å². The van der Waals surface area contributed by atoms with Crippen molar-refractivity contribution in [3.8, 4) is 78.1 Å². The highest BCUT2D eigenvalue weighted by Crippen LogP contribution is 2.56. The van der Waals surface area contributed by atoms with Gasteiger partial charge >= 0.3 is 0 Å². The summed E-state index contributed by atoms with van der Waals surface area (Å²) in [6.45, 7) is 10.6. The molecule has 524 valence electrons. The Morgan fingerprint density at radius 2 is 0.679 bits per heavy atom. The summed E-state index contributed by atoms with van der Waals surface area (Å²) in [7, 11) is 0. The lowest BCUT2D eigenvalue weighted by atomic mass is 9.33. The van der Waals surface area contributed by atoms with Crippen molar-refractivity contribution >= 4 is 101 Å². The fourth-order valence-electron chi connectivity index (χ4n) is 16.4. The molecule has 1 fully saturated rings. The Balaban J connectivity index is 1.05. The minimum absolute atomic E-state index is 0.247. The summed E-state index contributed by atoms with van der Waals surface area (Å²) in [5.74, 6) is -0.318. The first-order chi connectivity index (χ1) is 65.9. The van der Waals surface area contributed by atoms with Gasteiger partial charge in [-0.15, -0.1) is 0 Å². The number of aromatic nitrogens is 2. The Morgan fingerprint density at radius 1 is 0.321 bits per heavy atom. The quantitative estimate of drug-likeness (QED) is 0.120. The summed E-state index contributed by atoms with van der Waals surface area (Å²) in [5.41, 5.74) is -0.172. The number of rotatable bonds is 11. The lowest BCUT2D eigenvalue weighted by Gasteiger charge is -2.46. The molecule has 15 aromatic carbocycles. The molecule has 3 aliphatic rings. The first-order valence-corrected chi connectivity index (χ1v) is 36.8. The van der Waals surface area contributed by atoms with Crippen LogP contribution in [0.1, 0.15) is 137 Å². The number of para-hydroxylation sites is 2. The molecule has 0 bridgehead atoms. The molecule has 4 nitrogen and oxygen atoms in total. The average molecular weight is 1430 g/mol. The Morgan fingerprint density at radius 3 is 1.06 bits per heavy atom. The first-order valence-electron chi connectivity index (χ1n) is 51.8. The van der Waals surface area contributed by atoms with E-state index in [0.29, 0.717) is 74.3 Å². The molecule has 0 atom stereocenters. The van der Waals surface area contributed by atoms with Crippen LogP contribution >= 0.6 is 0 Å². The first kappa shape index (κ1) is 41.6. The third kappa shape index (κ3) is 11.2. The van der Waals surface area contributed by atoms with Crippen LogP contribution in [0.5, 0.6) is 0 Å². The van der Waals surface area contributed by atoms with Crippen molar-refractivity contribution in [2.24, 2.45) is 0 Å². The Kier molecular flexibility index (Phi) is 10.0.